The van der Waals surface area contributed by atoms with Gasteiger partial charge in [-0.05, 0) is 128 Å². The van der Waals surface area contributed by atoms with E-state index in [1.165, 1.54) is 0 Å². The molecule has 9 heteroatoms. The van der Waals surface area contributed by atoms with Crippen LogP contribution in [0.1, 0.15) is 95.1 Å². The maximum Gasteiger partial charge on any atom is 0.337 e. The number of aliphatic carboxylic acids is 1. The summed E-state index contributed by atoms with van der Waals surface area (Å²) in [5, 5.41) is 10.6. The monoisotopic (exact) mass is 671 g/mol. The van der Waals surface area contributed by atoms with Gasteiger partial charge in [0.05, 0.1) is 23.0 Å². The zero-order valence-electron chi connectivity index (χ0n) is 30.2. The summed E-state index contributed by atoms with van der Waals surface area (Å²) in [6, 6.07) is 11.3. The highest BCUT2D eigenvalue weighted by atomic mass is 19.1. The minimum atomic E-state index is -1.18. The largest absolute Gasteiger partial charge is 0.490 e. The van der Waals surface area contributed by atoms with Crippen LogP contribution in [-0.2, 0) is 14.3 Å². The van der Waals surface area contributed by atoms with Crippen LogP contribution in [0.2, 0.25) is 0 Å². The van der Waals surface area contributed by atoms with E-state index in [0.29, 0.717) is 42.1 Å². The van der Waals surface area contributed by atoms with Gasteiger partial charge in [-0.3, -0.25) is 4.40 Å². The third-order valence-corrected chi connectivity index (χ3v) is 10.1. The van der Waals surface area contributed by atoms with Gasteiger partial charge in [0.15, 0.2) is 6.10 Å². The van der Waals surface area contributed by atoms with Gasteiger partial charge >= 0.3 is 5.97 Å². The van der Waals surface area contributed by atoms with Crippen LogP contribution in [-0.4, -0.2) is 57.5 Å². The highest BCUT2D eigenvalue weighted by Crippen LogP contribution is 2.42. The normalized spacial score (nSPS) is 21.0. The van der Waals surface area contributed by atoms with Crippen LogP contribution in [0.25, 0.3) is 28.0 Å². The van der Waals surface area contributed by atoms with Crippen molar-refractivity contribution in [2.45, 2.75) is 111 Å². The molecular weight excluding hydrogens is 621 g/mol. The first kappa shape index (κ1) is 34.9. The molecule has 0 saturated carbocycles. The third kappa shape index (κ3) is 7.19. The molecule has 3 aliphatic heterocycles. The SMILES string of the molecule is Cc1cc2c(cc1F)-c1cccc(c1)-c1cn3c(c([C@H](OC(C)(C)C)C(=O)O)c(C)c(C)c3n1)N1CCC(C)(CC1)OCCCC[C@@H](C)O2. The van der Waals surface area contributed by atoms with Gasteiger partial charge in [-0.1, -0.05) is 18.2 Å². The number of carbonyl (C=O) groups is 1. The second-order valence-electron chi connectivity index (χ2n) is 15.1. The molecule has 2 aromatic carbocycles. The van der Waals surface area contributed by atoms with Gasteiger partial charge in [-0.2, -0.15) is 0 Å². The highest BCUT2D eigenvalue weighted by Gasteiger charge is 2.38. The number of piperidine rings is 1. The van der Waals surface area contributed by atoms with Gasteiger partial charge in [-0.25, -0.2) is 14.2 Å². The number of nitrogens with zero attached hydrogens (tertiary/aromatic N) is 3. The Balaban J connectivity index is 1.57. The van der Waals surface area contributed by atoms with Crippen LogP contribution in [0.15, 0.2) is 42.6 Å². The van der Waals surface area contributed by atoms with Gasteiger partial charge < -0.3 is 24.2 Å². The number of aromatic nitrogens is 2. The fraction of sp³-hybridized carbons (Fsp3) is 0.500. The second-order valence-corrected chi connectivity index (χ2v) is 15.1. The van der Waals surface area contributed by atoms with Crippen molar-refractivity contribution < 1.29 is 28.5 Å². The summed E-state index contributed by atoms with van der Waals surface area (Å²) < 4.78 is 36.4. The summed E-state index contributed by atoms with van der Waals surface area (Å²) >= 11 is 0. The Bertz CT molecular complexity index is 1870. The summed E-state index contributed by atoms with van der Waals surface area (Å²) in [5.74, 6) is 0.117. The number of carboxylic acid groups (broad SMARTS) is 1. The molecule has 2 atom stereocenters. The average molecular weight is 672 g/mol. The molecule has 0 amide bonds. The van der Waals surface area contributed by atoms with Crippen molar-refractivity contribution in [1.29, 1.82) is 0 Å². The van der Waals surface area contributed by atoms with Crippen molar-refractivity contribution in [2.24, 2.45) is 0 Å². The fourth-order valence-corrected chi connectivity index (χ4v) is 7.12. The molecule has 2 aromatic heterocycles. The molecule has 7 rings (SSSR count). The van der Waals surface area contributed by atoms with E-state index in [-0.39, 0.29) is 17.5 Å². The molecule has 1 saturated heterocycles. The van der Waals surface area contributed by atoms with Crippen LogP contribution >= 0.6 is 0 Å². The predicted octanol–water partition coefficient (Wildman–Crippen LogP) is 9.00. The lowest BCUT2D eigenvalue weighted by atomic mass is 9.92. The summed E-state index contributed by atoms with van der Waals surface area (Å²) in [6.07, 6.45) is 5.08. The quantitative estimate of drug-likeness (QED) is 0.233. The molecule has 0 aliphatic carbocycles. The van der Waals surface area contributed by atoms with E-state index in [4.69, 9.17) is 19.2 Å². The molecule has 1 fully saturated rings. The Hall–Kier alpha value is -3.95. The molecular formula is C40H50FN3O5. The Labute approximate surface area is 289 Å². The van der Waals surface area contributed by atoms with E-state index < -0.39 is 17.7 Å². The van der Waals surface area contributed by atoms with E-state index >= 15 is 4.39 Å². The number of fused-ring (bicyclic) bond motifs is 8. The first-order chi connectivity index (χ1) is 23.1. The number of rotatable bonds is 3. The maximum absolute atomic E-state index is 15.1. The summed E-state index contributed by atoms with van der Waals surface area (Å²) in [5.41, 5.74) is 5.80. The van der Waals surface area contributed by atoms with E-state index in [9.17, 15) is 9.90 Å². The lowest BCUT2D eigenvalue weighted by molar-refractivity contribution is -0.160. The Kier molecular flexibility index (Phi) is 9.54. The molecule has 6 bridgehead atoms. The highest BCUT2D eigenvalue weighted by molar-refractivity contribution is 5.82. The number of benzene rings is 2. The fourth-order valence-electron chi connectivity index (χ4n) is 7.12. The second kappa shape index (κ2) is 13.4. The smallest absolute Gasteiger partial charge is 0.337 e. The van der Waals surface area contributed by atoms with Crippen molar-refractivity contribution >= 4 is 17.4 Å². The van der Waals surface area contributed by atoms with Crippen molar-refractivity contribution in [3.63, 3.8) is 0 Å². The maximum atomic E-state index is 15.1. The Morgan fingerprint density at radius 3 is 2.49 bits per heavy atom. The number of aryl methyl sites for hydroxylation is 2. The van der Waals surface area contributed by atoms with Crippen molar-refractivity contribution in [3.8, 4) is 28.1 Å². The van der Waals surface area contributed by atoms with Crippen LogP contribution in [0, 0.1) is 26.6 Å². The van der Waals surface area contributed by atoms with E-state index in [0.717, 1.165) is 71.5 Å². The molecule has 0 unspecified atom stereocenters. The van der Waals surface area contributed by atoms with Gasteiger partial charge in [0, 0.05) is 42.6 Å². The standard InChI is InChI=1S/C40H50FN3O5/c1-24-20-33-30(22-31(24)41)28-13-11-14-29(21-28)32-23-44-36(42-32)27(4)26(3)34(35(38(45)46)49-39(5,6)7)37(44)43-17-15-40(8,16-18-43)47-19-10-9-12-25(2)48-33/h11,13-14,20-23,25,35H,9-10,12,15-19H2,1-8H3,(H,45,46)/t25-,35+/m1/s1. The van der Waals surface area contributed by atoms with Crippen molar-refractivity contribution in [1.82, 2.24) is 9.38 Å². The molecule has 0 radical (unpaired) electrons. The minimum absolute atomic E-state index is 0.0506. The van der Waals surface area contributed by atoms with Crippen molar-refractivity contribution in [3.05, 3.63) is 70.7 Å². The zero-order chi connectivity index (χ0) is 35.2. The van der Waals surface area contributed by atoms with Crippen LogP contribution in [0.5, 0.6) is 5.75 Å². The zero-order valence-corrected chi connectivity index (χ0v) is 30.2. The Morgan fingerprint density at radius 2 is 1.80 bits per heavy atom. The summed E-state index contributed by atoms with van der Waals surface area (Å²) in [6.45, 7) is 17.6. The van der Waals surface area contributed by atoms with Crippen LogP contribution < -0.4 is 9.64 Å². The van der Waals surface area contributed by atoms with Crippen molar-refractivity contribution in [2.75, 3.05) is 24.6 Å². The first-order valence-corrected chi connectivity index (χ1v) is 17.5. The number of carboxylic acids is 1. The molecule has 4 aromatic rings. The number of anilines is 1. The Morgan fingerprint density at radius 1 is 1.08 bits per heavy atom. The number of halogens is 1. The molecule has 49 heavy (non-hydrogen) atoms. The van der Waals surface area contributed by atoms with E-state index in [1.54, 1.807) is 19.1 Å². The number of imidazole rings is 1. The lowest BCUT2D eigenvalue weighted by Crippen LogP contribution is -2.45. The van der Waals surface area contributed by atoms with Gasteiger partial charge in [0.25, 0.3) is 0 Å². The number of pyridine rings is 1. The molecule has 8 nitrogen and oxygen atoms in total. The van der Waals surface area contributed by atoms with E-state index in [1.807, 2.05) is 69.5 Å². The van der Waals surface area contributed by atoms with Gasteiger partial charge in [-0.15, -0.1) is 0 Å². The average Bonchev–Trinajstić information content (AvgIpc) is 3.48. The van der Waals surface area contributed by atoms with Crippen LogP contribution in [0.4, 0.5) is 10.2 Å². The lowest BCUT2D eigenvalue weighted by Gasteiger charge is -2.42. The molecule has 262 valence electrons. The van der Waals surface area contributed by atoms with Gasteiger partial charge in [0.1, 0.15) is 23.0 Å². The minimum Gasteiger partial charge on any atom is -0.490 e. The summed E-state index contributed by atoms with van der Waals surface area (Å²) in [4.78, 5) is 20.4. The summed E-state index contributed by atoms with van der Waals surface area (Å²) in [7, 11) is 0. The number of hydrogen-bond donors (Lipinski definition) is 1. The number of hydrogen-bond acceptors (Lipinski definition) is 6. The first-order valence-electron chi connectivity index (χ1n) is 17.5. The molecule has 3 aliphatic rings. The van der Waals surface area contributed by atoms with Crippen LogP contribution in [0.3, 0.4) is 0 Å². The third-order valence-electron chi connectivity index (χ3n) is 10.1. The molecule has 0 spiro atoms. The van der Waals surface area contributed by atoms with Gasteiger partial charge in [0.2, 0.25) is 0 Å². The van der Waals surface area contributed by atoms with E-state index in [2.05, 4.69) is 18.7 Å². The number of ether oxygens (including phenoxy) is 3. The topological polar surface area (TPSA) is 85.5 Å². The molecule has 5 heterocycles. The molecule has 1 N–H and O–H groups in total. The predicted molar refractivity (Wildman–Crippen MR) is 191 cm³/mol.